The lowest BCUT2D eigenvalue weighted by atomic mass is 9.77. The Morgan fingerprint density at radius 3 is 2.50 bits per heavy atom. The first-order chi connectivity index (χ1) is 9.75. The zero-order chi connectivity index (χ0) is 13.9. The van der Waals surface area contributed by atoms with Crippen LogP contribution in [0.1, 0.15) is 29.4 Å². The largest absolute Gasteiger partial charge is 0.316 e. The van der Waals surface area contributed by atoms with Gasteiger partial charge in [0.05, 0.1) is 0 Å². The molecule has 0 spiro atoms. The van der Waals surface area contributed by atoms with Crippen LogP contribution in [0.4, 0.5) is 4.39 Å². The van der Waals surface area contributed by atoms with Crippen LogP contribution in [-0.2, 0) is 0 Å². The summed E-state index contributed by atoms with van der Waals surface area (Å²) in [6.45, 7) is 1.83. The first kappa shape index (κ1) is 13.8. The van der Waals surface area contributed by atoms with Crippen LogP contribution in [0.3, 0.4) is 0 Å². The van der Waals surface area contributed by atoms with Crippen molar-refractivity contribution in [2.75, 3.05) is 13.1 Å². The van der Waals surface area contributed by atoms with E-state index < -0.39 is 0 Å². The van der Waals surface area contributed by atoms with E-state index in [-0.39, 0.29) is 11.7 Å². The third-order valence-corrected chi connectivity index (χ3v) is 4.61. The fourth-order valence-corrected chi connectivity index (χ4v) is 3.33. The summed E-state index contributed by atoms with van der Waals surface area (Å²) < 4.78 is 15.2. The zero-order valence-corrected chi connectivity index (χ0v) is 12.7. The Morgan fingerprint density at radius 1 is 1.00 bits per heavy atom. The maximum Gasteiger partial charge on any atom is 0.126 e. The van der Waals surface area contributed by atoms with E-state index >= 15 is 0 Å². The number of nitrogens with one attached hydrogen (secondary N) is 1. The molecule has 0 bridgehead atoms. The topological polar surface area (TPSA) is 12.0 Å². The van der Waals surface area contributed by atoms with Gasteiger partial charge < -0.3 is 5.32 Å². The van der Waals surface area contributed by atoms with Gasteiger partial charge in [0.1, 0.15) is 5.82 Å². The summed E-state index contributed by atoms with van der Waals surface area (Å²) in [6.07, 6.45) is 1.04. The van der Waals surface area contributed by atoms with E-state index in [1.54, 1.807) is 12.1 Å². The van der Waals surface area contributed by atoms with Crippen molar-refractivity contribution in [2.24, 2.45) is 0 Å². The Morgan fingerprint density at radius 2 is 1.75 bits per heavy atom. The normalized spacial score (nSPS) is 22.7. The van der Waals surface area contributed by atoms with Gasteiger partial charge in [0.25, 0.3) is 0 Å². The van der Waals surface area contributed by atoms with E-state index in [1.165, 1.54) is 5.56 Å². The molecule has 3 rings (SSSR count). The Balaban J connectivity index is 1.95. The Labute approximate surface area is 127 Å². The second-order valence-electron chi connectivity index (χ2n) is 5.28. The predicted octanol–water partition coefficient (Wildman–Crippen LogP) is 4.45. The molecular formula is C17H17BrFN. The number of hydrogen-bond donors (Lipinski definition) is 1. The molecule has 0 radical (unpaired) electrons. The van der Waals surface area contributed by atoms with Crippen molar-refractivity contribution < 1.29 is 4.39 Å². The van der Waals surface area contributed by atoms with Crippen molar-refractivity contribution in [2.45, 2.75) is 18.3 Å². The molecule has 0 amide bonds. The zero-order valence-electron chi connectivity index (χ0n) is 11.2. The molecule has 2 atom stereocenters. The molecule has 0 aliphatic carbocycles. The SMILES string of the molecule is Fc1ccccc1C1CNCCC1c1ccc(Br)cc1. The van der Waals surface area contributed by atoms with Crippen LogP contribution in [0.2, 0.25) is 0 Å². The van der Waals surface area contributed by atoms with Gasteiger partial charge >= 0.3 is 0 Å². The first-order valence-corrected chi connectivity index (χ1v) is 7.75. The Kier molecular flexibility index (Phi) is 4.18. The molecule has 20 heavy (non-hydrogen) atoms. The van der Waals surface area contributed by atoms with Crippen LogP contribution in [0.5, 0.6) is 0 Å². The van der Waals surface area contributed by atoms with Crippen molar-refractivity contribution in [3.8, 4) is 0 Å². The van der Waals surface area contributed by atoms with Gasteiger partial charge in [0.2, 0.25) is 0 Å². The van der Waals surface area contributed by atoms with Gasteiger partial charge in [0.15, 0.2) is 0 Å². The van der Waals surface area contributed by atoms with E-state index in [0.717, 1.165) is 29.5 Å². The third-order valence-electron chi connectivity index (χ3n) is 4.08. The minimum absolute atomic E-state index is 0.0942. The van der Waals surface area contributed by atoms with Gasteiger partial charge in [0, 0.05) is 16.9 Å². The molecule has 104 valence electrons. The molecule has 1 N–H and O–H groups in total. The van der Waals surface area contributed by atoms with Gasteiger partial charge in [-0.05, 0) is 48.2 Å². The molecule has 0 aromatic heterocycles. The van der Waals surface area contributed by atoms with Crippen molar-refractivity contribution in [3.63, 3.8) is 0 Å². The minimum atomic E-state index is -0.0942. The Bertz CT molecular complexity index is 582. The van der Waals surface area contributed by atoms with Crippen LogP contribution in [0.15, 0.2) is 53.0 Å². The summed E-state index contributed by atoms with van der Waals surface area (Å²) in [5.74, 6) is 0.482. The average Bonchev–Trinajstić information content (AvgIpc) is 2.49. The molecule has 2 aromatic rings. The minimum Gasteiger partial charge on any atom is -0.316 e. The lowest BCUT2D eigenvalue weighted by Gasteiger charge is -2.33. The summed E-state index contributed by atoms with van der Waals surface area (Å²) in [5.41, 5.74) is 2.12. The van der Waals surface area contributed by atoms with E-state index in [4.69, 9.17) is 0 Å². The number of halogens is 2. The van der Waals surface area contributed by atoms with Crippen LogP contribution < -0.4 is 5.32 Å². The molecule has 1 heterocycles. The lowest BCUT2D eigenvalue weighted by molar-refractivity contribution is 0.393. The molecule has 3 heteroatoms. The molecule has 0 saturated carbocycles. The van der Waals surface area contributed by atoms with E-state index in [0.29, 0.717) is 5.92 Å². The highest BCUT2D eigenvalue weighted by molar-refractivity contribution is 9.10. The molecule has 1 aliphatic heterocycles. The van der Waals surface area contributed by atoms with Gasteiger partial charge in [-0.1, -0.05) is 46.3 Å². The summed E-state index contributed by atoms with van der Waals surface area (Å²) >= 11 is 3.47. The molecule has 1 saturated heterocycles. The van der Waals surface area contributed by atoms with Crippen molar-refractivity contribution in [1.82, 2.24) is 5.32 Å². The van der Waals surface area contributed by atoms with E-state index in [1.807, 2.05) is 12.1 Å². The summed E-state index contributed by atoms with van der Waals surface area (Å²) in [4.78, 5) is 0. The monoisotopic (exact) mass is 333 g/mol. The van der Waals surface area contributed by atoms with Crippen LogP contribution in [0, 0.1) is 5.82 Å². The highest BCUT2D eigenvalue weighted by atomic mass is 79.9. The number of hydrogen-bond acceptors (Lipinski definition) is 1. The van der Waals surface area contributed by atoms with E-state index in [9.17, 15) is 4.39 Å². The fraction of sp³-hybridized carbons (Fsp3) is 0.294. The highest BCUT2D eigenvalue weighted by Crippen LogP contribution is 2.38. The van der Waals surface area contributed by atoms with Crippen LogP contribution in [0.25, 0.3) is 0 Å². The van der Waals surface area contributed by atoms with Gasteiger partial charge in [-0.3, -0.25) is 0 Å². The Hall–Kier alpha value is -1.19. The molecular weight excluding hydrogens is 317 g/mol. The second-order valence-corrected chi connectivity index (χ2v) is 6.19. The molecule has 1 aliphatic rings. The number of rotatable bonds is 2. The fourth-order valence-electron chi connectivity index (χ4n) is 3.07. The van der Waals surface area contributed by atoms with Crippen LogP contribution in [-0.4, -0.2) is 13.1 Å². The maximum atomic E-state index is 14.1. The summed E-state index contributed by atoms with van der Waals surface area (Å²) in [5, 5.41) is 3.40. The standard InChI is InChI=1S/C17H17BrFN/c18-13-7-5-12(6-8-13)14-9-10-20-11-16(14)15-3-1-2-4-17(15)19/h1-8,14,16,20H,9-11H2. The number of benzene rings is 2. The van der Waals surface area contributed by atoms with Crippen LogP contribution >= 0.6 is 15.9 Å². The third kappa shape index (κ3) is 2.79. The van der Waals surface area contributed by atoms with Gasteiger partial charge in [-0.15, -0.1) is 0 Å². The van der Waals surface area contributed by atoms with Gasteiger partial charge in [-0.25, -0.2) is 4.39 Å². The summed E-state index contributed by atoms with van der Waals surface area (Å²) in [7, 11) is 0. The lowest BCUT2D eigenvalue weighted by Crippen LogP contribution is -2.34. The van der Waals surface area contributed by atoms with E-state index in [2.05, 4.69) is 45.5 Å². The molecule has 2 aromatic carbocycles. The van der Waals surface area contributed by atoms with Gasteiger partial charge in [-0.2, -0.15) is 0 Å². The number of piperidine rings is 1. The summed E-state index contributed by atoms with van der Waals surface area (Å²) in [6, 6.07) is 15.6. The van der Waals surface area contributed by atoms with Crippen molar-refractivity contribution >= 4 is 15.9 Å². The average molecular weight is 334 g/mol. The quantitative estimate of drug-likeness (QED) is 0.856. The molecule has 1 nitrogen and oxygen atoms in total. The molecule has 1 fully saturated rings. The maximum absolute atomic E-state index is 14.1. The highest BCUT2D eigenvalue weighted by Gasteiger charge is 2.29. The smallest absolute Gasteiger partial charge is 0.126 e. The predicted molar refractivity (Wildman–Crippen MR) is 83.5 cm³/mol. The van der Waals surface area contributed by atoms with Crippen molar-refractivity contribution in [1.29, 1.82) is 0 Å². The first-order valence-electron chi connectivity index (χ1n) is 6.96. The molecule has 2 unspecified atom stereocenters. The second kappa shape index (κ2) is 6.06. The van der Waals surface area contributed by atoms with Crippen molar-refractivity contribution in [3.05, 3.63) is 69.9 Å².